The second-order valence-electron chi connectivity index (χ2n) is 4.57. The highest BCUT2D eigenvalue weighted by molar-refractivity contribution is 5.91. The molecule has 0 fully saturated rings. The van der Waals surface area contributed by atoms with Crippen molar-refractivity contribution in [2.75, 3.05) is 6.61 Å². The van der Waals surface area contributed by atoms with Crippen LogP contribution in [0.3, 0.4) is 0 Å². The fourth-order valence-corrected chi connectivity index (χ4v) is 1.81. The summed E-state index contributed by atoms with van der Waals surface area (Å²) in [6, 6.07) is 7.59. The van der Waals surface area contributed by atoms with Crippen molar-refractivity contribution in [3.63, 3.8) is 0 Å². The normalized spacial score (nSPS) is 10.8. The predicted molar refractivity (Wildman–Crippen MR) is 81.8 cm³/mol. The van der Waals surface area contributed by atoms with Gasteiger partial charge in [-0.05, 0) is 37.6 Å². The van der Waals surface area contributed by atoms with Crippen LogP contribution in [0.2, 0.25) is 0 Å². The van der Waals surface area contributed by atoms with Crippen molar-refractivity contribution in [2.24, 2.45) is 0 Å². The molecule has 5 heteroatoms. The molecule has 0 unspecified atom stereocenters. The molecular weight excluding hydrogens is 266 g/mol. The molecule has 21 heavy (non-hydrogen) atoms. The molecule has 2 rings (SSSR count). The minimum atomic E-state index is -0.135. The summed E-state index contributed by atoms with van der Waals surface area (Å²) in [5, 5.41) is 9.56. The van der Waals surface area contributed by atoms with Crippen LogP contribution in [0.4, 0.5) is 0 Å². The number of aryl methyl sites for hydroxylation is 1. The third-order valence-corrected chi connectivity index (χ3v) is 3.01. The summed E-state index contributed by atoms with van der Waals surface area (Å²) in [5.41, 5.74) is 2.90. The fraction of sp³-hybridized carbons (Fsp3) is 0.250. The minimum Gasteiger partial charge on any atom is -0.494 e. The number of carbonyl (C=O) groups excluding carboxylic acids is 1. The summed E-state index contributed by atoms with van der Waals surface area (Å²) in [7, 11) is 0. The van der Waals surface area contributed by atoms with Gasteiger partial charge in [-0.3, -0.25) is 9.89 Å². The topological polar surface area (TPSA) is 67.0 Å². The van der Waals surface area contributed by atoms with E-state index >= 15 is 0 Å². The van der Waals surface area contributed by atoms with Gasteiger partial charge in [0.2, 0.25) is 5.91 Å². The van der Waals surface area contributed by atoms with Crippen LogP contribution < -0.4 is 10.1 Å². The molecule has 110 valence electrons. The van der Waals surface area contributed by atoms with E-state index in [2.05, 4.69) is 15.5 Å². The smallest absolute Gasteiger partial charge is 0.244 e. The molecule has 1 aromatic heterocycles. The number of carbonyl (C=O) groups is 1. The molecule has 1 aromatic carbocycles. The van der Waals surface area contributed by atoms with Gasteiger partial charge in [0.05, 0.1) is 12.8 Å². The molecule has 0 aliphatic carbocycles. The van der Waals surface area contributed by atoms with Crippen LogP contribution in [0.1, 0.15) is 23.7 Å². The number of nitrogens with zero attached hydrogens (tertiary/aromatic N) is 1. The molecule has 0 saturated carbocycles. The fourth-order valence-electron chi connectivity index (χ4n) is 1.81. The van der Waals surface area contributed by atoms with Gasteiger partial charge in [0.25, 0.3) is 0 Å². The number of aromatic nitrogens is 2. The van der Waals surface area contributed by atoms with Gasteiger partial charge in [-0.1, -0.05) is 12.1 Å². The standard InChI is InChI=1S/C16H19N3O2/c1-3-21-15-7-4-13(5-8-15)6-9-16(20)17-10-14-11-18-19-12(14)2/h4-9,11H,3,10H2,1-2H3,(H,17,20)(H,18,19)/b9-6+. The highest BCUT2D eigenvalue weighted by Crippen LogP contribution is 2.12. The summed E-state index contributed by atoms with van der Waals surface area (Å²) in [6.07, 6.45) is 5.00. The molecule has 0 atom stereocenters. The summed E-state index contributed by atoms with van der Waals surface area (Å²) >= 11 is 0. The Morgan fingerprint density at radius 1 is 1.38 bits per heavy atom. The first-order valence-electron chi connectivity index (χ1n) is 6.86. The van der Waals surface area contributed by atoms with E-state index in [1.807, 2.05) is 38.1 Å². The van der Waals surface area contributed by atoms with E-state index in [9.17, 15) is 4.79 Å². The summed E-state index contributed by atoms with van der Waals surface area (Å²) in [4.78, 5) is 11.7. The summed E-state index contributed by atoms with van der Waals surface area (Å²) in [6.45, 7) is 4.98. The number of ether oxygens (including phenoxy) is 1. The Kier molecular flexibility index (Phi) is 5.15. The number of H-pyrrole nitrogens is 1. The summed E-state index contributed by atoms with van der Waals surface area (Å²) in [5.74, 6) is 0.694. The molecule has 2 aromatic rings. The number of rotatable bonds is 6. The molecule has 5 nitrogen and oxygen atoms in total. The number of hydrogen-bond donors (Lipinski definition) is 2. The Labute approximate surface area is 124 Å². The zero-order valence-electron chi connectivity index (χ0n) is 12.2. The number of hydrogen-bond acceptors (Lipinski definition) is 3. The molecule has 0 radical (unpaired) electrons. The first kappa shape index (κ1) is 14.8. The molecule has 0 bridgehead atoms. The second kappa shape index (κ2) is 7.28. The zero-order valence-corrected chi connectivity index (χ0v) is 12.2. The van der Waals surface area contributed by atoms with E-state index in [0.29, 0.717) is 13.2 Å². The van der Waals surface area contributed by atoms with Crippen molar-refractivity contribution >= 4 is 12.0 Å². The van der Waals surface area contributed by atoms with Crippen LogP contribution in [-0.2, 0) is 11.3 Å². The van der Waals surface area contributed by atoms with Gasteiger partial charge in [0.15, 0.2) is 0 Å². The second-order valence-corrected chi connectivity index (χ2v) is 4.57. The van der Waals surface area contributed by atoms with E-state index in [-0.39, 0.29) is 5.91 Å². The van der Waals surface area contributed by atoms with E-state index in [0.717, 1.165) is 22.6 Å². The number of benzene rings is 1. The van der Waals surface area contributed by atoms with E-state index < -0.39 is 0 Å². The van der Waals surface area contributed by atoms with Crippen molar-refractivity contribution in [2.45, 2.75) is 20.4 Å². The van der Waals surface area contributed by atoms with Crippen molar-refractivity contribution in [1.29, 1.82) is 0 Å². The van der Waals surface area contributed by atoms with Crippen LogP contribution in [0.5, 0.6) is 5.75 Å². The Morgan fingerprint density at radius 3 is 2.76 bits per heavy atom. The SMILES string of the molecule is CCOc1ccc(/C=C/C(=O)NCc2cn[nH]c2C)cc1. The molecule has 2 N–H and O–H groups in total. The third-order valence-electron chi connectivity index (χ3n) is 3.01. The number of nitrogens with one attached hydrogen (secondary N) is 2. The van der Waals surface area contributed by atoms with Gasteiger partial charge >= 0.3 is 0 Å². The van der Waals surface area contributed by atoms with Gasteiger partial charge in [-0.15, -0.1) is 0 Å². The predicted octanol–water partition coefficient (Wildman–Crippen LogP) is 2.45. The third kappa shape index (κ3) is 4.49. The average molecular weight is 285 g/mol. The first-order valence-corrected chi connectivity index (χ1v) is 6.86. The summed E-state index contributed by atoms with van der Waals surface area (Å²) < 4.78 is 5.37. The van der Waals surface area contributed by atoms with Gasteiger partial charge in [-0.25, -0.2) is 0 Å². The van der Waals surface area contributed by atoms with Gasteiger partial charge in [0.1, 0.15) is 5.75 Å². The minimum absolute atomic E-state index is 0.135. The maximum atomic E-state index is 11.7. The Morgan fingerprint density at radius 2 is 2.14 bits per heavy atom. The molecule has 0 saturated heterocycles. The highest BCUT2D eigenvalue weighted by atomic mass is 16.5. The van der Waals surface area contributed by atoms with E-state index in [1.165, 1.54) is 6.08 Å². The van der Waals surface area contributed by atoms with Crippen molar-refractivity contribution in [3.8, 4) is 5.75 Å². The maximum absolute atomic E-state index is 11.7. The van der Waals surface area contributed by atoms with Gasteiger partial charge < -0.3 is 10.1 Å². The molecule has 1 amide bonds. The lowest BCUT2D eigenvalue weighted by atomic mass is 10.2. The van der Waals surface area contributed by atoms with Crippen molar-refractivity contribution in [1.82, 2.24) is 15.5 Å². The van der Waals surface area contributed by atoms with Crippen LogP contribution in [0.15, 0.2) is 36.5 Å². The zero-order chi connectivity index (χ0) is 15.1. The Balaban J connectivity index is 1.85. The highest BCUT2D eigenvalue weighted by Gasteiger charge is 2.01. The lowest BCUT2D eigenvalue weighted by Crippen LogP contribution is -2.20. The molecule has 1 heterocycles. The van der Waals surface area contributed by atoms with E-state index in [1.54, 1.807) is 12.3 Å². The molecule has 0 aliphatic heterocycles. The quantitative estimate of drug-likeness (QED) is 0.801. The maximum Gasteiger partial charge on any atom is 0.244 e. The molecule has 0 spiro atoms. The lowest BCUT2D eigenvalue weighted by molar-refractivity contribution is -0.116. The monoisotopic (exact) mass is 285 g/mol. The molecular formula is C16H19N3O2. The van der Waals surface area contributed by atoms with Crippen molar-refractivity contribution < 1.29 is 9.53 Å². The Hall–Kier alpha value is -2.56. The average Bonchev–Trinajstić information content (AvgIpc) is 2.90. The first-order chi connectivity index (χ1) is 10.2. The largest absolute Gasteiger partial charge is 0.494 e. The van der Waals surface area contributed by atoms with Crippen LogP contribution in [0.25, 0.3) is 6.08 Å². The van der Waals surface area contributed by atoms with E-state index in [4.69, 9.17) is 4.74 Å². The lowest BCUT2D eigenvalue weighted by Gasteiger charge is -2.02. The van der Waals surface area contributed by atoms with Crippen LogP contribution in [0, 0.1) is 6.92 Å². The number of aromatic amines is 1. The van der Waals surface area contributed by atoms with Crippen molar-refractivity contribution in [3.05, 3.63) is 53.4 Å². The Bertz CT molecular complexity index is 615. The van der Waals surface area contributed by atoms with Crippen LogP contribution >= 0.6 is 0 Å². The number of amides is 1. The van der Waals surface area contributed by atoms with Gasteiger partial charge in [0, 0.05) is 23.9 Å². The van der Waals surface area contributed by atoms with Gasteiger partial charge in [-0.2, -0.15) is 5.10 Å². The van der Waals surface area contributed by atoms with Crippen LogP contribution in [-0.4, -0.2) is 22.7 Å². The molecule has 0 aliphatic rings.